The summed E-state index contributed by atoms with van der Waals surface area (Å²) in [5.74, 6) is 0.314. The molecule has 0 atom stereocenters. The first-order valence-corrected chi connectivity index (χ1v) is 6.61. The largest absolute Gasteiger partial charge is 0.351 e. The minimum atomic E-state index is -0.519. The molecule has 98 valence electrons. The summed E-state index contributed by atoms with van der Waals surface area (Å²) in [6.07, 6.45) is 3.38. The number of nitrogens with zero attached hydrogens (tertiary/aromatic N) is 2. The van der Waals surface area contributed by atoms with Gasteiger partial charge < -0.3 is 9.88 Å². The number of aromatic nitrogens is 1. The van der Waals surface area contributed by atoms with Crippen molar-refractivity contribution in [3.63, 3.8) is 0 Å². The molecule has 1 aliphatic rings. The monoisotopic (exact) mass is 315 g/mol. The molecule has 0 unspecified atom stereocenters. The third-order valence-corrected chi connectivity index (χ3v) is 3.91. The van der Waals surface area contributed by atoms with Crippen LogP contribution in [-0.2, 0) is 0 Å². The summed E-state index contributed by atoms with van der Waals surface area (Å²) in [5, 5.41) is 10.5. The number of nitrogens with one attached hydrogen (secondary N) is 1. The molecule has 6 nitrogen and oxygen atoms in total. The number of alkyl halides is 1. The van der Waals surface area contributed by atoms with Gasteiger partial charge in [-0.3, -0.25) is 14.9 Å². The number of hydrogen-bond donors (Lipinski definition) is 1. The van der Waals surface area contributed by atoms with Crippen LogP contribution < -0.4 is 0 Å². The van der Waals surface area contributed by atoms with Gasteiger partial charge in [-0.25, -0.2) is 0 Å². The fourth-order valence-corrected chi connectivity index (χ4v) is 3.15. The van der Waals surface area contributed by atoms with E-state index < -0.39 is 4.92 Å². The van der Waals surface area contributed by atoms with Gasteiger partial charge >= 0.3 is 0 Å². The van der Waals surface area contributed by atoms with E-state index in [-0.39, 0.29) is 17.3 Å². The number of hydrogen-bond acceptors (Lipinski definition) is 3. The molecule has 0 aliphatic heterocycles. The summed E-state index contributed by atoms with van der Waals surface area (Å²) in [4.78, 5) is 26.8. The van der Waals surface area contributed by atoms with Crippen molar-refractivity contribution < 1.29 is 9.72 Å². The fraction of sp³-hybridized carbons (Fsp3) is 0.545. The van der Waals surface area contributed by atoms with Crippen molar-refractivity contribution in [2.75, 3.05) is 13.6 Å². The molecule has 0 spiro atoms. The average Bonchev–Trinajstić information content (AvgIpc) is 2.75. The zero-order valence-electron chi connectivity index (χ0n) is 9.93. The Kier molecular flexibility index (Phi) is 3.70. The lowest BCUT2D eigenvalue weighted by atomic mass is 9.85. The van der Waals surface area contributed by atoms with E-state index in [1.165, 1.54) is 12.3 Å². The summed E-state index contributed by atoms with van der Waals surface area (Å²) >= 11 is 3.51. The van der Waals surface area contributed by atoms with E-state index in [9.17, 15) is 14.9 Å². The van der Waals surface area contributed by atoms with Crippen LogP contribution in [0, 0.1) is 16.0 Å². The second-order valence-electron chi connectivity index (χ2n) is 4.65. The molecule has 0 radical (unpaired) electrons. The minimum Gasteiger partial charge on any atom is -0.351 e. The smallest absolute Gasteiger partial charge is 0.287 e. The predicted octanol–water partition coefficient (Wildman–Crippen LogP) is 2.17. The van der Waals surface area contributed by atoms with Gasteiger partial charge in [0.25, 0.3) is 11.6 Å². The Balaban J connectivity index is 1.94. The first-order chi connectivity index (χ1) is 8.47. The Labute approximate surface area is 113 Å². The predicted molar refractivity (Wildman–Crippen MR) is 69.8 cm³/mol. The summed E-state index contributed by atoms with van der Waals surface area (Å²) < 4.78 is 0. The van der Waals surface area contributed by atoms with Crippen LogP contribution in [0.15, 0.2) is 12.3 Å². The Hall–Kier alpha value is -1.37. The van der Waals surface area contributed by atoms with Gasteiger partial charge in [0, 0.05) is 24.5 Å². The Morgan fingerprint density at radius 3 is 2.83 bits per heavy atom. The first kappa shape index (κ1) is 13.1. The number of rotatable bonds is 4. The molecule has 0 bridgehead atoms. The maximum absolute atomic E-state index is 12.0. The lowest BCUT2D eigenvalue weighted by Gasteiger charge is -2.34. The van der Waals surface area contributed by atoms with Crippen molar-refractivity contribution in [2.45, 2.75) is 17.7 Å². The molecule has 1 aromatic heterocycles. The minimum absolute atomic E-state index is 0.0871. The number of aromatic amines is 1. The van der Waals surface area contributed by atoms with Crippen molar-refractivity contribution in [2.24, 2.45) is 5.92 Å². The molecule has 0 saturated heterocycles. The highest BCUT2D eigenvalue weighted by Gasteiger charge is 2.29. The first-order valence-electron chi connectivity index (χ1n) is 5.69. The van der Waals surface area contributed by atoms with Crippen LogP contribution in [0.2, 0.25) is 0 Å². The molecular formula is C11H14BrN3O3. The van der Waals surface area contributed by atoms with Crippen molar-refractivity contribution in [3.8, 4) is 0 Å². The van der Waals surface area contributed by atoms with Crippen LogP contribution in [0.1, 0.15) is 23.3 Å². The van der Waals surface area contributed by atoms with E-state index in [2.05, 4.69) is 20.9 Å². The van der Waals surface area contributed by atoms with E-state index in [1.54, 1.807) is 11.9 Å². The molecule has 1 fully saturated rings. The van der Waals surface area contributed by atoms with Gasteiger partial charge in [0.15, 0.2) is 0 Å². The Bertz CT molecular complexity index is 468. The maximum Gasteiger partial charge on any atom is 0.287 e. The lowest BCUT2D eigenvalue weighted by Crippen LogP contribution is -2.37. The summed E-state index contributed by atoms with van der Waals surface area (Å²) in [6.45, 7) is 0.688. The highest BCUT2D eigenvalue weighted by molar-refractivity contribution is 9.09. The molecule has 1 aliphatic carbocycles. The van der Waals surface area contributed by atoms with Crippen LogP contribution in [-0.4, -0.2) is 39.1 Å². The Morgan fingerprint density at radius 1 is 1.67 bits per heavy atom. The molecule has 0 aromatic carbocycles. The second-order valence-corrected chi connectivity index (χ2v) is 5.94. The molecule has 7 heteroatoms. The Morgan fingerprint density at radius 2 is 2.33 bits per heavy atom. The zero-order valence-corrected chi connectivity index (χ0v) is 11.5. The lowest BCUT2D eigenvalue weighted by molar-refractivity contribution is -0.384. The second kappa shape index (κ2) is 5.09. The van der Waals surface area contributed by atoms with E-state index in [0.29, 0.717) is 17.3 Å². The number of nitro groups is 1. The van der Waals surface area contributed by atoms with Gasteiger partial charge in [0.05, 0.1) is 11.1 Å². The molecular weight excluding hydrogens is 302 g/mol. The SMILES string of the molecule is CN(CC1CC(Br)C1)C(=O)c1cc([N+](=O)[O-])c[nH]1. The quantitative estimate of drug-likeness (QED) is 0.525. The standard InChI is InChI=1S/C11H14BrN3O3/c1-14(6-7-2-8(12)3-7)11(16)10-4-9(5-13-10)15(17)18/h4-5,7-8,13H,2-3,6H2,1H3. The van der Waals surface area contributed by atoms with Crippen LogP contribution in [0.5, 0.6) is 0 Å². The van der Waals surface area contributed by atoms with Crippen molar-refractivity contribution in [3.05, 3.63) is 28.1 Å². The third-order valence-electron chi connectivity index (χ3n) is 3.17. The average molecular weight is 316 g/mol. The summed E-state index contributed by atoms with van der Waals surface area (Å²) in [7, 11) is 1.72. The van der Waals surface area contributed by atoms with Crippen LogP contribution in [0.4, 0.5) is 5.69 Å². The van der Waals surface area contributed by atoms with E-state index >= 15 is 0 Å². The van der Waals surface area contributed by atoms with Crippen molar-refractivity contribution in [1.82, 2.24) is 9.88 Å². The van der Waals surface area contributed by atoms with Gasteiger partial charge in [-0.1, -0.05) is 15.9 Å². The molecule has 2 rings (SSSR count). The number of halogens is 1. The highest BCUT2D eigenvalue weighted by Crippen LogP contribution is 2.33. The zero-order chi connectivity index (χ0) is 13.3. The molecule has 1 N–H and O–H groups in total. The highest BCUT2D eigenvalue weighted by atomic mass is 79.9. The van der Waals surface area contributed by atoms with E-state index in [4.69, 9.17) is 0 Å². The molecule has 1 amide bonds. The summed E-state index contributed by atoms with van der Waals surface area (Å²) in [6, 6.07) is 1.27. The van der Waals surface area contributed by atoms with Crippen LogP contribution in [0.3, 0.4) is 0 Å². The summed E-state index contributed by atoms with van der Waals surface area (Å²) in [5.41, 5.74) is 0.176. The van der Waals surface area contributed by atoms with Gasteiger partial charge in [-0.15, -0.1) is 0 Å². The third kappa shape index (κ3) is 2.72. The van der Waals surface area contributed by atoms with E-state index in [0.717, 1.165) is 12.8 Å². The normalized spacial score (nSPS) is 22.3. The van der Waals surface area contributed by atoms with Crippen molar-refractivity contribution >= 4 is 27.5 Å². The number of amides is 1. The molecule has 1 heterocycles. The molecule has 18 heavy (non-hydrogen) atoms. The molecule has 1 saturated carbocycles. The number of carbonyl (C=O) groups is 1. The van der Waals surface area contributed by atoms with Gasteiger partial charge in [-0.2, -0.15) is 0 Å². The fourth-order valence-electron chi connectivity index (χ4n) is 2.09. The van der Waals surface area contributed by atoms with Gasteiger partial charge in [-0.05, 0) is 18.8 Å². The number of carbonyl (C=O) groups excluding carboxylic acids is 1. The topological polar surface area (TPSA) is 79.2 Å². The van der Waals surface area contributed by atoms with Gasteiger partial charge in [0.1, 0.15) is 5.69 Å². The van der Waals surface area contributed by atoms with E-state index in [1.807, 2.05) is 0 Å². The molecule has 1 aromatic rings. The maximum atomic E-state index is 12.0. The van der Waals surface area contributed by atoms with Crippen LogP contribution >= 0.6 is 15.9 Å². The van der Waals surface area contributed by atoms with Crippen LogP contribution in [0.25, 0.3) is 0 Å². The van der Waals surface area contributed by atoms with Crippen molar-refractivity contribution in [1.29, 1.82) is 0 Å². The number of H-pyrrole nitrogens is 1. The van der Waals surface area contributed by atoms with Gasteiger partial charge in [0.2, 0.25) is 0 Å².